The van der Waals surface area contributed by atoms with Gasteiger partial charge in [-0.05, 0) is 79.9 Å². The molecule has 206 valence electrons. The normalized spacial score (nSPS) is 11.7. The maximum Gasteiger partial charge on any atom is 0.331 e. The van der Waals surface area contributed by atoms with Crippen LogP contribution in [0.2, 0.25) is 5.02 Å². The van der Waals surface area contributed by atoms with Crippen LogP contribution >= 0.6 is 11.6 Å². The quantitative estimate of drug-likeness (QED) is 0.0793. The van der Waals surface area contributed by atoms with Gasteiger partial charge in [-0.1, -0.05) is 53.2 Å². The molecule has 0 aliphatic heterocycles. The van der Waals surface area contributed by atoms with Gasteiger partial charge in [0.2, 0.25) is 5.78 Å². The Balaban J connectivity index is 1.55. The van der Waals surface area contributed by atoms with Crippen LogP contribution in [0.1, 0.15) is 57.7 Å². The molecule has 0 bridgehead atoms. The highest BCUT2D eigenvalue weighted by Crippen LogP contribution is 2.32. The number of aromatic nitrogens is 1. The molecule has 1 aromatic heterocycles. The molecule has 0 aliphatic rings. The number of ketones is 2. The third-order valence-electron chi connectivity index (χ3n) is 7.21. The van der Waals surface area contributed by atoms with Crippen molar-refractivity contribution in [1.82, 2.24) is 4.57 Å². The van der Waals surface area contributed by atoms with E-state index in [1.165, 1.54) is 6.92 Å². The topological polar surface area (TPSA) is 77.7 Å². The number of rotatable bonds is 9. The second-order valence-electron chi connectivity index (χ2n) is 9.93. The van der Waals surface area contributed by atoms with Crippen molar-refractivity contribution in [2.24, 2.45) is 5.16 Å². The summed E-state index contributed by atoms with van der Waals surface area (Å²) in [6.07, 6.45) is 0.794. The molecule has 41 heavy (non-hydrogen) atoms. The van der Waals surface area contributed by atoms with Crippen molar-refractivity contribution in [1.29, 1.82) is 0 Å². The summed E-state index contributed by atoms with van der Waals surface area (Å²) >= 11 is 6.00. The molecule has 0 aliphatic carbocycles. The van der Waals surface area contributed by atoms with E-state index in [4.69, 9.17) is 16.4 Å². The number of hydrogen-bond acceptors (Lipinski definition) is 5. The van der Waals surface area contributed by atoms with Gasteiger partial charge < -0.3 is 9.40 Å². The number of aryl methyl sites for hydroxylation is 3. The SMILES string of the molecule is CCn1c2ccc(C(=O)C(CCc3ccc(Cl)cc3)=NOC(C)=O)cc2c2cc(C(=O)c3ccccc3C)ccc21. The Morgan fingerprint density at radius 1 is 0.854 bits per heavy atom. The zero-order valence-electron chi connectivity index (χ0n) is 23.1. The number of oxime groups is 1. The summed E-state index contributed by atoms with van der Waals surface area (Å²) in [5.41, 5.74) is 5.64. The first-order valence-electron chi connectivity index (χ1n) is 13.5. The summed E-state index contributed by atoms with van der Waals surface area (Å²) in [5.74, 6) is -0.978. The minimum atomic E-state index is -0.603. The van der Waals surface area contributed by atoms with Crippen LogP contribution in [0.5, 0.6) is 0 Å². The monoisotopic (exact) mass is 564 g/mol. The molecular formula is C34H29ClN2O4. The highest BCUT2D eigenvalue weighted by atomic mass is 35.5. The van der Waals surface area contributed by atoms with Crippen molar-refractivity contribution in [3.8, 4) is 0 Å². The summed E-state index contributed by atoms with van der Waals surface area (Å²) in [7, 11) is 0. The van der Waals surface area contributed by atoms with Gasteiger partial charge in [-0.15, -0.1) is 0 Å². The second-order valence-corrected chi connectivity index (χ2v) is 10.4. The molecule has 0 spiro atoms. The molecule has 0 atom stereocenters. The maximum atomic E-state index is 13.7. The van der Waals surface area contributed by atoms with Crippen LogP contribution in [0.25, 0.3) is 21.8 Å². The van der Waals surface area contributed by atoms with E-state index in [0.717, 1.165) is 39.5 Å². The van der Waals surface area contributed by atoms with Gasteiger partial charge in [0, 0.05) is 63.4 Å². The Morgan fingerprint density at radius 3 is 2.12 bits per heavy atom. The van der Waals surface area contributed by atoms with Crippen molar-refractivity contribution in [2.45, 2.75) is 40.2 Å². The van der Waals surface area contributed by atoms with Gasteiger partial charge in [0.05, 0.1) is 0 Å². The number of benzene rings is 4. The van der Waals surface area contributed by atoms with Crippen LogP contribution < -0.4 is 0 Å². The largest absolute Gasteiger partial charge is 0.341 e. The molecule has 0 radical (unpaired) electrons. The van der Waals surface area contributed by atoms with Crippen LogP contribution in [0.3, 0.4) is 0 Å². The number of nitrogens with zero attached hydrogens (tertiary/aromatic N) is 2. The first kappa shape index (κ1) is 28.0. The number of Topliss-reactive ketones (excluding diaryl/α,β-unsaturated/α-hetero) is 1. The van der Waals surface area contributed by atoms with Gasteiger partial charge in [-0.2, -0.15) is 0 Å². The molecule has 0 saturated carbocycles. The third-order valence-corrected chi connectivity index (χ3v) is 7.46. The lowest BCUT2D eigenvalue weighted by molar-refractivity contribution is -0.140. The van der Waals surface area contributed by atoms with Gasteiger partial charge in [0.1, 0.15) is 5.71 Å². The molecule has 0 N–H and O–H groups in total. The van der Waals surface area contributed by atoms with Crippen LogP contribution in [0, 0.1) is 6.92 Å². The molecule has 6 nitrogen and oxygen atoms in total. The molecule has 4 aromatic carbocycles. The van der Waals surface area contributed by atoms with E-state index >= 15 is 0 Å². The fourth-order valence-corrected chi connectivity index (χ4v) is 5.24. The predicted octanol–water partition coefficient (Wildman–Crippen LogP) is 7.74. The fraction of sp³-hybridized carbons (Fsp3) is 0.176. The zero-order chi connectivity index (χ0) is 29.1. The van der Waals surface area contributed by atoms with Gasteiger partial charge in [-0.25, -0.2) is 4.79 Å². The number of hydrogen-bond donors (Lipinski definition) is 0. The van der Waals surface area contributed by atoms with Crippen LogP contribution in [-0.4, -0.2) is 27.8 Å². The lowest BCUT2D eigenvalue weighted by atomic mass is 9.97. The van der Waals surface area contributed by atoms with E-state index in [-0.39, 0.29) is 23.7 Å². The van der Waals surface area contributed by atoms with Crippen molar-refractivity contribution >= 4 is 56.7 Å². The van der Waals surface area contributed by atoms with Crippen LogP contribution in [0.4, 0.5) is 0 Å². The number of carbonyl (C=O) groups is 3. The predicted molar refractivity (Wildman–Crippen MR) is 163 cm³/mol. The average molecular weight is 565 g/mol. The van der Waals surface area contributed by atoms with Gasteiger partial charge >= 0.3 is 5.97 Å². The first-order chi connectivity index (χ1) is 19.8. The Morgan fingerprint density at radius 2 is 1.49 bits per heavy atom. The van der Waals surface area contributed by atoms with E-state index in [9.17, 15) is 14.4 Å². The average Bonchev–Trinajstić information content (AvgIpc) is 3.29. The molecular weight excluding hydrogens is 536 g/mol. The van der Waals surface area contributed by atoms with E-state index in [0.29, 0.717) is 28.1 Å². The van der Waals surface area contributed by atoms with Gasteiger partial charge in [0.25, 0.3) is 0 Å². The zero-order valence-corrected chi connectivity index (χ0v) is 23.9. The highest BCUT2D eigenvalue weighted by Gasteiger charge is 2.20. The Labute approximate surface area is 243 Å². The smallest absolute Gasteiger partial charge is 0.331 e. The summed E-state index contributed by atoms with van der Waals surface area (Å²) in [6, 6.07) is 26.1. The minimum Gasteiger partial charge on any atom is -0.341 e. The minimum absolute atomic E-state index is 0.0485. The molecule has 7 heteroatoms. The number of carbonyl (C=O) groups excluding carboxylic acids is 3. The van der Waals surface area contributed by atoms with E-state index in [1.807, 2.05) is 73.7 Å². The van der Waals surface area contributed by atoms with Gasteiger partial charge in [0.15, 0.2) is 5.78 Å². The van der Waals surface area contributed by atoms with Crippen molar-refractivity contribution in [3.05, 3.63) is 118 Å². The number of fused-ring (bicyclic) bond motifs is 3. The molecule has 0 fully saturated rings. The van der Waals surface area contributed by atoms with Crippen molar-refractivity contribution in [2.75, 3.05) is 0 Å². The summed E-state index contributed by atoms with van der Waals surface area (Å²) < 4.78 is 2.16. The molecule has 1 heterocycles. The van der Waals surface area contributed by atoms with Gasteiger partial charge in [-0.3, -0.25) is 9.59 Å². The van der Waals surface area contributed by atoms with Crippen molar-refractivity contribution in [3.63, 3.8) is 0 Å². The van der Waals surface area contributed by atoms with Crippen LogP contribution in [-0.2, 0) is 22.6 Å². The Kier molecular flexibility index (Phi) is 8.13. The first-order valence-corrected chi connectivity index (χ1v) is 13.8. The van der Waals surface area contributed by atoms with Crippen molar-refractivity contribution < 1.29 is 19.2 Å². The Bertz CT molecular complexity index is 1830. The van der Waals surface area contributed by atoms with E-state index < -0.39 is 5.97 Å². The molecule has 5 rings (SSSR count). The molecule has 5 aromatic rings. The standard InChI is InChI=1S/C34H29ClN2O4/c1-4-37-31-17-12-24(33(39)27-8-6-5-7-21(27)2)19-28(31)29-20-25(13-18-32(29)37)34(40)30(36-41-22(3)38)16-11-23-9-14-26(35)15-10-23/h5-10,12-15,17-20H,4,11,16H2,1-3H3. The number of halogens is 1. The fourth-order valence-electron chi connectivity index (χ4n) is 5.11. The molecule has 0 unspecified atom stereocenters. The second kappa shape index (κ2) is 11.9. The lowest BCUT2D eigenvalue weighted by Crippen LogP contribution is -2.17. The maximum absolute atomic E-state index is 13.7. The highest BCUT2D eigenvalue weighted by molar-refractivity contribution is 6.46. The van der Waals surface area contributed by atoms with Crippen LogP contribution in [0.15, 0.2) is 90.1 Å². The summed E-state index contributed by atoms with van der Waals surface area (Å²) in [6.45, 7) is 5.95. The molecule has 0 saturated heterocycles. The Hall–Kier alpha value is -4.55. The van der Waals surface area contributed by atoms with E-state index in [2.05, 4.69) is 16.6 Å². The summed E-state index contributed by atoms with van der Waals surface area (Å²) in [4.78, 5) is 43.5. The summed E-state index contributed by atoms with van der Waals surface area (Å²) in [5, 5.41) is 6.29. The third kappa shape index (κ3) is 5.83. The van der Waals surface area contributed by atoms with E-state index in [1.54, 1.807) is 18.2 Å². The molecule has 0 amide bonds. The lowest BCUT2D eigenvalue weighted by Gasteiger charge is -2.07.